The SMILES string of the molecule is COc1ccc(OC)c(CN2CCN(C(=O)c3ccc[nH]c3=S)CC2)c1. The molecule has 0 bridgehead atoms. The van der Waals surface area contributed by atoms with Crippen molar-refractivity contribution in [3.8, 4) is 11.5 Å². The van der Waals surface area contributed by atoms with Gasteiger partial charge in [0.15, 0.2) is 0 Å². The van der Waals surface area contributed by atoms with E-state index in [0.717, 1.165) is 36.7 Å². The zero-order valence-electron chi connectivity index (χ0n) is 15.0. The van der Waals surface area contributed by atoms with E-state index in [0.29, 0.717) is 23.3 Å². The number of rotatable bonds is 5. The molecule has 1 saturated heterocycles. The third-order valence-corrected chi connectivity index (χ3v) is 4.93. The number of pyridine rings is 1. The van der Waals surface area contributed by atoms with E-state index in [2.05, 4.69) is 9.88 Å². The van der Waals surface area contributed by atoms with E-state index < -0.39 is 0 Å². The predicted octanol–water partition coefficient (Wildman–Crippen LogP) is 2.72. The first-order valence-electron chi connectivity index (χ1n) is 8.52. The van der Waals surface area contributed by atoms with Crippen molar-refractivity contribution in [3.05, 3.63) is 52.3 Å². The zero-order valence-corrected chi connectivity index (χ0v) is 15.8. The third kappa shape index (κ3) is 4.05. The zero-order chi connectivity index (χ0) is 18.5. The molecular formula is C19H23N3O3S. The molecule has 6 nitrogen and oxygen atoms in total. The standard InChI is InChI=1S/C19H23N3O3S/c1-24-15-5-6-17(25-2)14(12-15)13-21-8-10-22(11-9-21)19(23)16-4-3-7-20-18(16)26/h3-7,12H,8-11,13H2,1-2H3,(H,20,26). The highest BCUT2D eigenvalue weighted by Gasteiger charge is 2.23. The maximum atomic E-state index is 12.7. The Labute approximate surface area is 158 Å². The van der Waals surface area contributed by atoms with Crippen molar-refractivity contribution in [2.24, 2.45) is 0 Å². The van der Waals surface area contributed by atoms with Gasteiger partial charge in [-0.25, -0.2) is 0 Å². The van der Waals surface area contributed by atoms with Crippen molar-refractivity contribution in [1.29, 1.82) is 0 Å². The molecular weight excluding hydrogens is 350 g/mol. The minimum Gasteiger partial charge on any atom is -0.497 e. The molecule has 26 heavy (non-hydrogen) atoms. The summed E-state index contributed by atoms with van der Waals surface area (Å²) in [5.74, 6) is 1.65. The Morgan fingerprint density at radius 1 is 1.15 bits per heavy atom. The van der Waals surface area contributed by atoms with Crippen LogP contribution in [0.5, 0.6) is 11.5 Å². The van der Waals surface area contributed by atoms with Gasteiger partial charge in [-0.05, 0) is 30.3 Å². The molecule has 2 aromatic rings. The lowest BCUT2D eigenvalue weighted by Gasteiger charge is -2.35. The minimum absolute atomic E-state index is 0.00883. The Kier molecular flexibility index (Phi) is 5.90. The van der Waals surface area contributed by atoms with Gasteiger partial charge in [0.2, 0.25) is 0 Å². The van der Waals surface area contributed by atoms with Crippen molar-refractivity contribution in [2.45, 2.75) is 6.54 Å². The fraction of sp³-hybridized carbons (Fsp3) is 0.368. The average molecular weight is 373 g/mol. The molecule has 138 valence electrons. The van der Waals surface area contributed by atoms with E-state index in [9.17, 15) is 4.79 Å². The lowest BCUT2D eigenvalue weighted by atomic mass is 10.1. The number of carbonyl (C=O) groups excluding carboxylic acids is 1. The second-order valence-electron chi connectivity index (χ2n) is 6.16. The number of nitrogens with zero attached hydrogens (tertiary/aromatic N) is 2. The maximum absolute atomic E-state index is 12.7. The van der Waals surface area contributed by atoms with Gasteiger partial charge < -0.3 is 19.4 Å². The monoisotopic (exact) mass is 373 g/mol. The van der Waals surface area contributed by atoms with Gasteiger partial charge in [-0.2, -0.15) is 0 Å². The van der Waals surface area contributed by atoms with Gasteiger partial charge in [0.25, 0.3) is 5.91 Å². The highest BCUT2D eigenvalue weighted by Crippen LogP contribution is 2.25. The molecule has 0 saturated carbocycles. The third-order valence-electron chi connectivity index (χ3n) is 4.59. The summed E-state index contributed by atoms with van der Waals surface area (Å²) in [6.07, 6.45) is 1.73. The van der Waals surface area contributed by atoms with Gasteiger partial charge in [-0.15, -0.1) is 0 Å². The van der Waals surface area contributed by atoms with E-state index in [4.69, 9.17) is 21.7 Å². The molecule has 1 aliphatic heterocycles. The van der Waals surface area contributed by atoms with Crippen LogP contribution in [-0.4, -0.2) is 61.1 Å². The van der Waals surface area contributed by atoms with Crippen LogP contribution in [0.1, 0.15) is 15.9 Å². The normalized spacial score (nSPS) is 14.9. The summed E-state index contributed by atoms with van der Waals surface area (Å²) in [5, 5.41) is 0. The van der Waals surface area contributed by atoms with Gasteiger partial charge in [0, 0.05) is 44.5 Å². The maximum Gasteiger partial charge on any atom is 0.256 e. The summed E-state index contributed by atoms with van der Waals surface area (Å²) in [5.41, 5.74) is 1.64. The molecule has 1 aromatic heterocycles. The first-order valence-corrected chi connectivity index (χ1v) is 8.93. The molecule has 0 radical (unpaired) electrons. The first kappa shape index (κ1) is 18.4. The van der Waals surface area contributed by atoms with E-state index in [1.54, 1.807) is 32.5 Å². The summed E-state index contributed by atoms with van der Waals surface area (Å²) >= 11 is 5.22. The number of carbonyl (C=O) groups is 1. The summed E-state index contributed by atoms with van der Waals surface area (Å²) in [6.45, 7) is 3.71. The van der Waals surface area contributed by atoms with Gasteiger partial charge in [-0.3, -0.25) is 9.69 Å². The number of aromatic nitrogens is 1. The molecule has 0 atom stereocenters. The van der Waals surface area contributed by atoms with E-state index in [1.165, 1.54) is 0 Å². The van der Waals surface area contributed by atoms with Gasteiger partial charge in [0.05, 0.1) is 19.8 Å². The lowest BCUT2D eigenvalue weighted by Crippen LogP contribution is -2.48. The van der Waals surface area contributed by atoms with Gasteiger partial charge >= 0.3 is 0 Å². The molecule has 1 N–H and O–H groups in total. The van der Waals surface area contributed by atoms with Gasteiger partial charge in [-0.1, -0.05) is 12.2 Å². The number of piperazine rings is 1. The van der Waals surface area contributed by atoms with Crippen LogP contribution >= 0.6 is 12.2 Å². The summed E-state index contributed by atoms with van der Waals surface area (Å²) in [6, 6.07) is 9.38. The average Bonchev–Trinajstić information content (AvgIpc) is 2.68. The van der Waals surface area contributed by atoms with Crippen molar-refractivity contribution in [1.82, 2.24) is 14.8 Å². The Balaban J connectivity index is 1.63. The number of nitrogens with one attached hydrogen (secondary N) is 1. The molecule has 1 aliphatic rings. The quantitative estimate of drug-likeness (QED) is 0.817. The number of hydrogen-bond acceptors (Lipinski definition) is 5. The second kappa shape index (κ2) is 8.33. The Morgan fingerprint density at radius 2 is 1.92 bits per heavy atom. The number of amides is 1. The molecule has 7 heteroatoms. The van der Waals surface area contributed by atoms with Crippen molar-refractivity contribution in [3.63, 3.8) is 0 Å². The van der Waals surface area contributed by atoms with Crippen molar-refractivity contribution in [2.75, 3.05) is 40.4 Å². The summed E-state index contributed by atoms with van der Waals surface area (Å²) < 4.78 is 11.3. The van der Waals surface area contributed by atoms with Crippen LogP contribution in [0.25, 0.3) is 0 Å². The largest absolute Gasteiger partial charge is 0.497 e. The molecule has 3 rings (SSSR count). The number of hydrogen-bond donors (Lipinski definition) is 1. The van der Waals surface area contributed by atoms with E-state index >= 15 is 0 Å². The fourth-order valence-corrected chi connectivity index (χ4v) is 3.34. The molecule has 2 heterocycles. The van der Waals surface area contributed by atoms with Crippen molar-refractivity contribution >= 4 is 18.1 Å². The van der Waals surface area contributed by atoms with Crippen LogP contribution in [0.15, 0.2) is 36.5 Å². The van der Waals surface area contributed by atoms with Crippen LogP contribution in [-0.2, 0) is 6.54 Å². The topological polar surface area (TPSA) is 57.8 Å². The van der Waals surface area contributed by atoms with Crippen LogP contribution in [0.4, 0.5) is 0 Å². The predicted molar refractivity (Wildman–Crippen MR) is 102 cm³/mol. The van der Waals surface area contributed by atoms with Crippen LogP contribution in [0, 0.1) is 4.64 Å². The Hall–Kier alpha value is -2.38. The molecule has 1 amide bonds. The molecule has 0 unspecified atom stereocenters. The van der Waals surface area contributed by atoms with Crippen LogP contribution in [0.3, 0.4) is 0 Å². The molecule has 1 aromatic carbocycles. The number of methoxy groups -OCH3 is 2. The highest BCUT2D eigenvalue weighted by molar-refractivity contribution is 7.71. The van der Waals surface area contributed by atoms with Crippen LogP contribution in [0.2, 0.25) is 0 Å². The number of ether oxygens (including phenoxy) is 2. The Bertz CT molecular complexity index is 829. The van der Waals surface area contributed by atoms with Crippen molar-refractivity contribution < 1.29 is 14.3 Å². The van der Waals surface area contributed by atoms with E-state index in [-0.39, 0.29) is 5.91 Å². The van der Waals surface area contributed by atoms with E-state index in [1.807, 2.05) is 23.1 Å². The number of benzene rings is 1. The summed E-state index contributed by atoms with van der Waals surface area (Å²) in [7, 11) is 3.33. The molecule has 0 spiro atoms. The van der Waals surface area contributed by atoms with Crippen LogP contribution < -0.4 is 9.47 Å². The second-order valence-corrected chi connectivity index (χ2v) is 6.57. The molecule has 0 aliphatic carbocycles. The number of aromatic amines is 1. The Morgan fingerprint density at radius 3 is 2.58 bits per heavy atom. The lowest BCUT2D eigenvalue weighted by molar-refractivity contribution is 0.0626. The number of H-pyrrole nitrogens is 1. The van der Waals surface area contributed by atoms with Gasteiger partial charge in [0.1, 0.15) is 16.1 Å². The first-order chi connectivity index (χ1) is 12.6. The highest BCUT2D eigenvalue weighted by atomic mass is 32.1. The minimum atomic E-state index is -0.00883. The smallest absolute Gasteiger partial charge is 0.256 e. The summed E-state index contributed by atoms with van der Waals surface area (Å²) in [4.78, 5) is 19.7. The molecule has 1 fully saturated rings. The fourth-order valence-electron chi connectivity index (χ4n) is 3.12.